The maximum absolute atomic E-state index is 12.6. The van der Waals surface area contributed by atoms with Crippen molar-refractivity contribution in [2.24, 2.45) is 11.8 Å². The van der Waals surface area contributed by atoms with E-state index in [-0.39, 0.29) is 24.0 Å². The van der Waals surface area contributed by atoms with Crippen LogP contribution in [0.5, 0.6) is 5.75 Å². The average Bonchev–Trinajstić information content (AvgIpc) is 2.70. The molecule has 1 aromatic carbocycles. The lowest BCUT2D eigenvalue weighted by atomic mass is 9.66. The minimum Gasteiger partial charge on any atom is -0.482 e. The maximum atomic E-state index is 12.6. The molecule has 1 heterocycles. The van der Waals surface area contributed by atoms with Crippen molar-refractivity contribution in [3.05, 3.63) is 29.8 Å². The molecule has 7 nitrogen and oxygen atoms in total. The van der Waals surface area contributed by atoms with E-state index in [0.29, 0.717) is 31.1 Å². The van der Waals surface area contributed by atoms with Gasteiger partial charge in [-0.15, -0.1) is 0 Å². The van der Waals surface area contributed by atoms with Crippen LogP contribution in [-0.4, -0.2) is 48.9 Å². The number of amides is 1. The Kier molecular flexibility index (Phi) is 7.36. The second kappa shape index (κ2) is 9.79. The Bertz CT molecular complexity index is 753. The van der Waals surface area contributed by atoms with E-state index >= 15 is 0 Å². The van der Waals surface area contributed by atoms with Crippen molar-refractivity contribution in [2.75, 3.05) is 20.3 Å². The lowest BCUT2D eigenvalue weighted by Gasteiger charge is -2.52. The number of benzene rings is 1. The number of methoxy groups -OCH3 is 1. The van der Waals surface area contributed by atoms with Crippen LogP contribution in [0.2, 0.25) is 0 Å². The SMILES string of the molecule is COCCC(=O)N[C@]1(C)C[C@H](c2ccccc2OCC(=O)O)O[C@@H]2C[C@H](C)CC[C@H]21. The first kappa shape index (κ1) is 22.6. The Morgan fingerprint density at radius 3 is 2.80 bits per heavy atom. The van der Waals surface area contributed by atoms with Gasteiger partial charge in [0.15, 0.2) is 6.61 Å². The van der Waals surface area contributed by atoms with Gasteiger partial charge in [-0.2, -0.15) is 0 Å². The zero-order chi connectivity index (χ0) is 21.7. The number of aliphatic carboxylic acids is 1. The molecule has 0 aromatic heterocycles. The Morgan fingerprint density at radius 2 is 2.07 bits per heavy atom. The highest BCUT2D eigenvalue weighted by Gasteiger charge is 2.49. The summed E-state index contributed by atoms with van der Waals surface area (Å²) in [5.74, 6) is 0.277. The number of fused-ring (bicyclic) bond motifs is 1. The lowest BCUT2D eigenvalue weighted by molar-refractivity contribution is -0.154. The molecule has 1 saturated carbocycles. The van der Waals surface area contributed by atoms with Crippen LogP contribution in [0, 0.1) is 11.8 Å². The van der Waals surface area contributed by atoms with E-state index < -0.39 is 18.1 Å². The van der Waals surface area contributed by atoms with Crippen molar-refractivity contribution in [1.82, 2.24) is 5.32 Å². The summed E-state index contributed by atoms with van der Waals surface area (Å²) in [6, 6.07) is 7.41. The summed E-state index contributed by atoms with van der Waals surface area (Å²) in [6.45, 7) is 4.33. The normalized spacial score (nSPS) is 30.9. The van der Waals surface area contributed by atoms with Crippen LogP contribution < -0.4 is 10.1 Å². The van der Waals surface area contributed by atoms with Gasteiger partial charge in [0, 0.05) is 37.0 Å². The van der Waals surface area contributed by atoms with E-state index in [1.807, 2.05) is 18.2 Å². The van der Waals surface area contributed by atoms with Crippen LogP contribution in [0.3, 0.4) is 0 Å². The first-order chi connectivity index (χ1) is 14.3. The quantitative estimate of drug-likeness (QED) is 0.671. The number of carbonyl (C=O) groups is 2. The molecule has 0 radical (unpaired) electrons. The second-order valence-electron chi connectivity index (χ2n) is 8.82. The van der Waals surface area contributed by atoms with Crippen LogP contribution in [0.25, 0.3) is 0 Å². The van der Waals surface area contributed by atoms with Crippen LogP contribution in [0.4, 0.5) is 0 Å². The average molecular weight is 420 g/mol. The summed E-state index contributed by atoms with van der Waals surface area (Å²) >= 11 is 0. The Balaban J connectivity index is 1.86. The number of hydrogen-bond acceptors (Lipinski definition) is 5. The van der Waals surface area contributed by atoms with E-state index in [1.165, 1.54) is 0 Å². The molecular weight excluding hydrogens is 386 g/mol. The molecule has 0 bridgehead atoms. The van der Waals surface area contributed by atoms with Crippen LogP contribution in [0.1, 0.15) is 57.6 Å². The van der Waals surface area contributed by atoms with Gasteiger partial charge < -0.3 is 24.6 Å². The van der Waals surface area contributed by atoms with E-state index in [2.05, 4.69) is 19.2 Å². The molecule has 30 heavy (non-hydrogen) atoms. The van der Waals surface area contributed by atoms with Gasteiger partial charge in [0.25, 0.3) is 0 Å². The molecule has 166 valence electrons. The zero-order valence-electron chi connectivity index (χ0n) is 18.1. The third kappa shape index (κ3) is 5.32. The van der Waals surface area contributed by atoms with E-state index in [4.69, 9.17) is 19.3 Å². The summed E-state index contributed by atoms with van der Waals surface area (Å²) in [5.41, 5.74) is 0.408. The van der Waals surface area contributed by atoms with Gasteiger partial charge in [0.05, 0.1) is 18.8 Å². The minimum absolute atomic E-state index is 0.0206. The predicted octanol–water partition coefficient (Wildman–Crippen LogP) is 3.33. The number of ether oxygens (including phenoxy) is 3. The molecule has 1 saturated heterocycles. The molecule has 1 amide bonds. The third-order valence-corrected chi connectivity index (χ3v) is 6.40. The molecule has 1 aromatic rings. The first-order valence-corrected chi connectivity index (χ1v) is 10.7. The number of nitrogens with one attached hydrogen (secondary N) is 1. The van der Waals surface area contributed by atoms with E-state index in [1.54, 1.807) is 13.2 Å². The number of hydrogen-bond donors (Lipinski definition) is 2. The number of carboxylic acid groups (broad SMARTS) is 1. The molecule has 1 aliphatic carbocycles. The highest BCUT2D eigenvalue weighted by atomic mass is 16.5. The fourth-order valence-corrected chi connectivity index (χ4v) is 4.92. The highest BCUT2D eigenvalue weighted by molar-refractivity contribution is 5.77. The monoisotopic (exact) mass is 419 g/mol. The fourth-order valence-electron chi connectivity index (χ4n) is 4.92. The van der Waals surface area contributed by atoms with Gasteiger partial charge in [0.1, 0.15) is 5.75 Å². The fraction of sp³-hybridized carbons (Fsp3) is 0.652. The Morgan fingerprint density at radius 1 is 1.30 bits per heavy atom. The molecule has 0 spiro atoms. The highest BCUT2D eigenvalue weighted by Crippen LogP contribution is 2.49. The van der Waals surface area contributed by atoms with Gasteiger partial charge in [-0.3, -0.25) is 4.79 Å². The summed E-state index contributed by atoms with van der Waals surface area (Å²) in [6.07, 6.45) is 3.76. The molecule has 2 fully saturated rings. The van der Waals surface area contributed by atoms with E-state index in [9.17, 15) is 9.59 Å². The standard InChI is InChI=1S/C23H33NO6/c1-15-8-9-17-19(12-15)30-20(13-23(17,2)24-21(25)10-11-28-3)16-6-4-5-7-18(16)29-14-22(26)27/h4-7,15,17,19-20H,8-14H2,1-3H3,(H,24,25)(H,26,27)/t15-,17-,19-,20-,23-/m1/s1. The summed E-state index contributed by atoms with van der Waals surface area (Å²) < 4.78 is 17.1. The van der Waals surface area contributed by atoms with Gasteiger partial charge in [-0.25, -0.2) is 4.79 Å². The van der Waals surface area contributed by atoms with Crippen LogP contribution >= 0.6 is 0 Å². The molecule has 7 heteroatoms. The van der Waals surface area contributed by atoms with Crippen LogP contribution in [-0.2, 0) is 19.1 Å². The maximum Gasteiger partial charge on any atom is 0.341 e. The summed E-state index contributed by atoms with van der Waals surface area (Å²) in [4.78, 5) is 23.6. The van der Waals surface area contributed by atoms with Gasteiger partial charge >= 0.3 is 5.97 Å². The van der Waals surface area contributed by atoms with Gasteiger partial charge in [-0.05, 0) is 31.7 Å². The topological polar surface area (TPSA) is 94.1 Å². The van der Waals surface area contributed by atoms with Crippen molar-refractivity contribution in [2.45, 2.75) is 63.7 Å². The number of rotatable bonds is 8. The molecule has 0 unspecified atom stereocenters. The number of para-hydroxylation sites is 1. The molecule has 2 N–H and O–H groups in total. The number of carboxylic acids is 1. The first-order valence-electron chi connectivity index (χ1n) is 10.7. The van der Waals surface area contributed by atoms with Crippen molar-refractivity contribution in [3.8, 4) is 5.75 Å². The molecule has 1 aliphatic heterocycles. The summed E-state index contributed by atoms with van der Waals surface area (Å²) in [7, 11) is 1.59. The van der Waals surface area contributed by atoms with Crippen molar-refractivity contribution in [1.29, 1.82) is 0 Å². The Hall–Kier alpha value is -2.12. The van der Waals surface area contributed by atoms with Gasteiger partial charge in [-0.1, -0.05) is 31.5 Å². The zero-order valence-corrected chi connectivity index (χ0v) is 18.1. The smallest absolute Gasteiger partial charge is 0.341 e. The van der Waals surface area contributed by atoms with Crippen molar-refractivity contribution < 1.29 is 28.9 Å². The Labute approximate surface area is 178 Å². The largest absolute Gasteiger partial charge is 0.482 e. The van der Waals surface area contributed by atoms with Crippen molar-refractivity contribution in [3.63, 3.8) is 0 Å². The van der Waals surface area contributed by atoms with Crippen LogP contribution in [0.15, 0.2) is 24.3 Å². The molecule has 3 rings (SSSR count). The molecule has 5 atom stereocenters. The van der Waals surface area contributed by atoms with Crippen molar-refractivity contribution >= 4 is 11.9 Å². The third-order valence-electron chi connectivity index (χ3n) is 6.40. The lowest BCUT2D eigenvalue weighted by Crippen LogP contribution is -2.60. The van der Waals surface area contributed by atoms with Gasteiger partial charge in [0.2, 0.25) is 5.91 Å². The summed E-state index contributed by atoms with van der Waals surface area (Å²) in [5, 5.41) is 12.3. The molecule has 2 aliphatic rings. The second-order valence-corrected chi connectivity index (χ2v) is 8.82. The van der Waals surface area contributed by atoms with E-state index in [0.717, 1.165) is 24.8 Å². The minimum atomic E-state index is -1.02. The molecular formula is C23H33NO6. The predicted molar refractivity (Wildman–Crippen MR) is 111 cm³/mol. The number of carbonyl (C=O) groups excluding carboxylic acids is 1.